The van der Waals surface area contributed by atoms with Crippen molar-refractivity contribution in [1.82, 2.24) is 4.90 Å². The number of hydrogen-bond donors (Lipinski definition) is 1. The molecule has 0 saturated carbocycles. The highest BCUT2D eigenvalue weighted by atomic mass is 35.5. The zero-order chi connectivity index (χ0) is 15.6. The van der Waals surface area contributed by atoms with E-state index in [1.165, 1.54) is 12.1 Å². The van der Waals surface area contributed by atoms with E-state index in [2.05, 4.69) is 0 Å². The van der Waals surface area contributed by atoms with Crippen molar-refractivity contribution in [1.29, 1.82) is 0 Å². The predicted octanol–water partition coefficient (Wildman–Crippen LogP) is 3.11. The van der Waals surface area contributed by atoms with E-state index in [0.29, 0.717) is 12.5 Å². The first-order valence-corrected chi connectivity index (χ1v) is 7.63. The number of carbonyl (C=O) groups is 1. The van der Waals surface area contributed by atoms with Gasteiger partial charge < -0.3 is 10.6 Å². The Morgan fingerprint density at radius 3 is 2.73 bits per heavy atom. The molecule has 3 nitrogen and oxygen atoms in total. The summed E-state index contributed by atoms with van der Waals surface area (Å²) in [4.78, 5) is 14.8. The van der Waals surface area contributed by atoms with Crippen molar-refractivity contribution in [3.63, 3.8) is 0 Å². The quantitative estimate of drug-likeness (QED) is 0.926. The highest BCUT2D eigenvalue weighted by Gasteiger charge is 2.36. The van der Waals surface area contributed by atoms with Crippen LogP contribution in [0.4, 0.5) is 4.39 Å². The van der Waals surface area contributed by atoms with Crippen LogP contribution in [-0.2, 0) is 10.2 Å². The van der Waals surface area contributed by atoms with Crippen molar-refractivity contribution in [3.05, 3.63) is 35.6 Å². The smallest absolute Gasteiger partial charge is 0.232 e. The van der Waals surface area contributed by atoms with Crippen LogP contribution in [0.25, 0.3) is 0 Å². The van der Waals surface area contributed by atoms with Gasteiger partial charge >= 0.3 is 0 Å². The van der Waals surface area contributed by atoms with Gasteiger partial charge in [0.25, 0.3) is 0 Å². The highest BCUT2D eigenvalue weighted by molar-refractivity contribution is 5.87. The zero-order valence-electron chi connectivity index (χ0n) is 13.5. The lowest BCUT2D eigenvalue weighted by Crippen LogP contribution is -2.50. The average Bonchev–Trinajstić information content (AvgIpc) is 2.46. The summed E-state index contributed by atoms with van der Waals surface area (Å²) < 4.78 is 13.4. The van der Waals surface area contributed by atoms with Gasteiger partial charge in [-0.1, -0.05) is 12.1 Å². The minimum Gasteiger partial charge on any atom is -0.342 e. The Labute approximate surface area is 138 Å². The van der Waals surface area contributed by atoms with Crippen molar-refractivity contribution in [2.75, 3.05) is 13.1 Å². The SMILES string of the molecule is CC(N)C1CCCN(C(=O)C(C)(C)c2cccc(F)c2)C1.Cl. The minimum absolute atomic E-state index is 0. The Bertz CT molecular complexity index is 519. The molecule has 124 valence electrons. The number of nitrogens with two attached hydrogens (primary N) is 1. The first-order valence-electron chi connectivity index (χ1n) is 7.63. The van der Waals surface area contributed by atoms with E-state index in [9.17, 15) is 9.18 Å². The fourth-order valence-electron chi connectivity index (χ4n) is 3.02. The number of likely N-dealkylation sites (tertiary alicyclic amines) is 1. The third-order valence-electron chi connectivity index (χ3n) is 4.57. The molecule has 2 N–H and O–H groups in total. The molecular weight excluding hydrogens is 303 g/mol. The van der Waals surface area contributed by atoms with Gasteiger partial charge in [0.2, 0.25) is 5.91 Å². The average molecular weight is 329 g/mol. The molecule has 0 aliphatic carbocycles. The lowest BCUT2D eigenvalue weighted by atomic mass is 9.81. The van der Waals surface area contributed by atoms with Crippen LogP contribution in [0.3, 0.4) is 0 Å². The first-order chi connectivity index (χ1) is 9.82. The van der Waals surface area contributed by atoms with Crippen molar-refractivity contribution in [2.24, 2.45) is 11.7 Å². The molecule has 5 heteroatoms. The number of rotatable bonds is 3. The Hall–Kier alpha value is -1.13. The predicted molar refractivity (Wildman–Crippen MR) is 89.6 cm³/mol. The third kappa shape index (κ3) is 3.99. The molecule has 2 rings (SSSR count). The van der Waals surface area contributed by atoms with Crippen molar-refractivity contribution in [3.8, 4) is 0 Å². The Morgan fingerprint density at radius 1 is 1.45 bits per heavy atom. The molecule has 1 aliphatic heterocycles. The number of amides is 1. The van der Waals surface area contributed by atoms with Gasteiger partial charge in [0.05, 0.1) is 5.41 Å². The van der Waals surface area contributed by atoms with Gasteiger partial charge in [0.1, 0.15) is 5.82 Å². The molecule has 1 amide bonds. The number of piperidine rings is 1. The minimum atomic E-state index is -0.720. The Morgan fingerprint density at radius 2 is 2.14 bits per heavy atom. The van der Waals surface area contributed by atoms with Gasteiger partial charge in [-0.3, -0.25) is 4.79 Å². The van der Waals surface area contributed by atoms with Gasteiger partial charge in [-0.15, -0.1) is 12.4 Å². The number of nitrogens with zero attached hydrogens (tertiary/aromatic N) is 1. The summed E-state index contributed by atoms with van der Waals surface area (Å²) in [6, 6.07) is 6.41. The fourth-order valence-corrected chi connectivity index (χ4v) is 3.02. The van der Waals surface area contributed by atoms with Gasteiger partial charge in [0, 0.05) is 19.1 Å². The van der Waals surface area contributed by atoms with E-state index in [1.54, 1.807) is 6.07 Å². The van der Waals surface area contributed by atoms with Crippen LogP contribution in [0.5, 0.6) is 0 Å². The zero-order valence-corrected chi connectivity index (χ0v) is 14.3. The number of halogens is 2. The van der Waals surface area contributed by atoms with Crippen molar-refractivity contribution in [2.45, 2.75) is 45.1 Å². The van der Waals surface area contributed by atoms with E-state index in [1.807, 2.05) is 31.7 Å². The van der Waals surface area contributed by atoms with Gasteiger partial charge in [-0.25, -0.2) is 4.39 Å². The van der Waals surface area contributed by atoms with Crippen LogP contribution in [0.1, 0.15) is 39.2 Å². The number of benzene rings is 1. The van der Waals surface area contributed by atoms with Gasteiger partial charge in [-0.05, 0) is 57.2 Å². The first kappa shape index (κ1) is 18.9. The van der Waals surface area contributed by atoms with Gasteiger partial charge in [0.15, 0.2) is 0 Å². The van der Waals surface area contributed by atoms with Crippen LogP contribution in [0.2, 0.25) is 0 Å². The second kappa shape index (κ2) is 7.42. The normalized spacial score (nSPS) is 20.2. The molecule has 1 fully saturated rings. The van der Waals surface area contributed by atoms with Crippen LogP contribution in [0.15, 0.2) is 24.3 Å². The Kier molecular flexibility index (Phi) is 6.38. The topological polar surface area (TPSA) is 46.3 Å². The van der Waals surface area contributed by atoms with E-state index >= 15 is 0 Å². The van der Waals surface area contributed by atoms with Crippen molar-refractivity contribution >= 4 is 18.3 Å². The standard InChI is InChI=1S/C17H25FN2O.ClH/c1-12(19)13-6-5-9-20(11-13)16(21)17(2,3)14-7-4-8-15(18)10-14;/h4,7-8,10,12-13H,5-6,9,11,19H2,1-3H3;1H. The maximum absolute atomic E-state index is 13.4. The third-order valence-corrected chi connectivity index (χ3v) is 4.57. The summed E-state index contributed by atoms with van der Waals surface area (Å²) in [6.45, 7) is 7.19. The highest BCUT2D eigenvalue weighted by Crippen LogP contribution is 2.29. The molecule has 2 atom stereocenters. The molecule has 0 radical (unpaired) electrons. The molecule has 1 aromatic carbocycles. The summed E-state index contributed by atoms with van der Waals surface area (Å²) in [5.41, 5.74) is 5.98. The molecule has 0 aromatic heterocycles. The van der Waals surface area contributed by atoms with Gasteiger partial charge in [-0.2, -0.15) is 0 Å². The molecule has 0 bridgehead atoms. The van der Waals surface area contributed by atoms with Crippen LogP contribution < -0.4 is 5.73 Å². The van der Waals surface area contributed by atoms with E-state index in [-0.39, 0.29) is 30.2 Å². The molecule has 1 aliphatic rings. The maximum Gasteiger partial charge on any atom is 0.232 e. The second-order valence-corrected chi connectivity index (χ2v) is 6.65. The summed E-state index contributed by atoms with van der Waals surface area (Å²) in [7, 11) is 0. The molecule has 1 saturated heterocycles. The van der Waals surface area contributed by atoms with E-state index < -0.39 is 5.41 Å². The fraction of sp³-hybridized carbons (Fsp3) is 0.588. The molecule has 1 heterocycles. The van der Waals surface area contributed by atoms with E-state index in [0.717, 1.165) is 24.9 Å². The monoisotopic (exact) mass is 328 g/mol. The largest absolute Gasteiger partial charge is 0.342 e. The molecule has 2 unspecified atom stereocenters. The Balaban J connectivity index is 0.00000242. The summed E-state index contributed by atoms with van der Waals surface area (Å²) in [5.74, 6) is 0.102. The maximum atomic E-state index is 13.4. The summed E-state index contributed by atoms with van der Waals surface area (Å²) >= 11 is 0. The number of carbonyl (C=O) groups excluding carboxylic acids is 1. The second-order valence-electron chi connectivity index (χ2n) is 6.65. The summed E-state index contributed by atoms with van der Waals surface area (Å²) in [5, 5.41) is 0. The van der Waals surface area contributed by atoms with Crippen LogP contribution in [0, 0.1) is 11.7 Å². The van der Waals surface area contributed by atoms with Crippen LogP contribution >= 0.6 is 12.4 Å². The molecule has 1 aromatic rings. The number of hydrogen-bond acceptors (Lipinski definition) is 2. The molecular formula is C17H26ClFN2O. The lowest BCUT2D eigenvalue weighted by molar-refractivity contribution is -0.138. The van der Waals surface area contributed by atoms with Crippen LogP contribution in [-0.4, -0.2) is 29.9 Å². The summed E-state index contributed by atoms with van der Waals surface area (Å²) in [6.07, 6.45) is 2.05. The van der Waals surface area contributed by atoms with Crippen molar-refractivity contribution < 1.29 is 9.18 Å². The van der Waals surface area contributed by atoms with E-state index in [4.69, 9.17) is 5.73 Å². The molecule has 0 spiro atoms. The lowest BCUT2D eigenvalue weighted by Gasteiger charge is -2.39. The molecule has 22 heavy (non-hydrogen) atoms.